The van der Waals surface area contributed by atoms with Crippen molar-refractivity contribution in [3.8, 4) is 0 Å². The first-order valence-corrected chi connectivity index (χ1v) is 10.7. The summed E-state index contributed by atoms with van der Waals surface area (Å²) >= 11 is 4.69. The molecule has 0 fully saturated rings. The standard InChI is InChI=1S/C22H18I2N2/c1-22(16-8-12-18(24)13-9-16)14-21(15-6-10-17(23)11-7-15)25-19-4-2-3-5-20(19)26-22/h2-13,26H,14H2,1H3/t22-/m0/s1. The van der Waals surface area contributed by atoms with Crippen molar-refractivity contribution in [2.45, 2.75) is 18.9 Å². The van der Waals surface area contributed by atoms with E-state index in [4.69, 9.17) is 4.99 Å². The minimum absolute atomic E-state index is 0.223. The van der Waals surface area contributed by atoms with Crippen molar-refractivity contribution in [1.82, 2.24) is 0 Å². The number of nitrogens with zero attached hydrogens (tertiary/aromatic N) is 1. The highest BCUT2D eigenvalue weighted by Crippen LogP contribution is 2.39. The van der Waals surface area contributed by atoms with E-state index in [1.807, 2.05) is 6.07 Å². The van der Waals surface area contributed by atoms with Crippen molar-refractivity contribution < 1.29 is 0 Å². The molecule has 0 unspecified atom stereocenters. The van der Waals surface area contributed by atoms with Gasteiger partial charge in [0, 0.05) is 13.6 Å². The maximum Gasteiger partial charge on any atom is 0.0864 e. The molecule has 3 aromatic carbocycles. The lowest BCUT2D eigenvalue weighted by Gasteiger charge is -2.32. The normalized spacial score (nSPS) is 19.1. The first-order chi connectivity index (χ1) is 12.5. The number of aliphatic imine (C=N–C) groups is 1. The molecule has 0 saturated heterocycles. The number of nitrogens with one attached hydrogen (secondary N) is 1. The van der Waals surface area contributed by atoms with E-state index < -0.39 is 0 Å². The van der Waals surface area contributed by atoms with Gasteiger partial charge in [0.15, 0.2) is 0 Å². The van der Waals surface area contributed by atoms with E-state index >= 15 is 0 Å². The van der Waals surface area contributed by atoms with Gasteiger partial charge in [0.1, 0.15) is 0 Å². The smallest absolute Gasteiger partial charge is 0.0864 e. The lowest BCUT2D eigenvalue weighted by atomic mass is 9.85. The van der Waals surface area contributed by atoms with Gasteiger partial charge < -0.3 is 5.32 Å². The van der Waals surface area contributed by atoms with Gasteiger partial charge in [-0.15, -0.1) is 0 Å². The van der Waals surface area contributed by atoms with Crippen LogP contribution >= 0.6 is 45.2 Å². The zero-order chi connectivity index (χ0) is 18.1. The number of hydrogen-bond acceptors (Lipinski definition) is 2. The maximum absolute atomic E-state index is 5.03. The average molecular weight is 564 g/mol. The predicted molar refractivity (Wildman–Crippen MR) is 127 cm³/mol. The Bertz CT molecular complexity index is 962. The summed E-state index contributed by atoms with van der Waals surface area (Å²) in [5.41, 5.74) is 5.41. The Balaban J connectivity index is 1.84. The second-order valence-electron chi connectivity index (χ2n) is 6.72. The Hall–Kier alpha value is -1.41. The van der Waals surface area contributed by atoms with E-state index in [0.29, 0.717) is 0 Å². The summed E-state index contributed by atoms with van der Waals surface area (Å²) in [4.78, 5) is 5.03. The van der Waals surface area contributed by atoms with E-state index in [0.717, 1.165) is 23.5 Å². The van der Waals surface area contributed by atoms with Gasteiger partial charge in [-0.1, -0.05) is 36.4 Å². The summed E-state index contributed by atoms with van der Waals surface area (Å²) in [5.74, 6) is 0. The zero-order valence-corrected chi connectivity index (χ0v) is 18.7. The van der Waals surface area contributed by atoms with Crippen LogP contribution in [0.1, 0.15) is 24.5 Å². The maximum atomic E-state index is 5.03. The fraction of sp³-hybridized carbons (Fsp3) is 0.136. The van der Waals surface area contributed by atoms with E-state index in [2.05, 4.69) is 124 Å². The molecule has 26 heavy (non-hydrogen) atoms. The van der Waals surface area contributed by atoms with E-state index in [9.17, 15) is 0 Å². The largest absolute Gasteiger partial charge is 0.374 e. The molecule has 1 aliphatic heterocycles. The molecule has 1 aliphatic rings. The third-order valence-electron chi connectivity index (χ3n) is 4.75. The van der Waals surface area contributed by atoms with Crippen LogP contribution < -0.4 is 5.32 Å². The summed E-state index contributed by atoms with van der Waals surface area (Å²) in [6.45, 7) is 2.26. The van der Waals surface area contributed by atoms with Crippen molar-refractivity contribution in [1.29, 1.82) is 0 Å². The quantitative estimate of drug-likeness (QED) is 0.343. The van der Waals surface area contributed by atoms with Crippen LogP contribution in [-0.2, 0) is 5.54 Å². The van der Waals surface area contributed by atoms with Crippen LogP contribution in [0.25, 0.3) is 0 Å². The van der Waals surface area contributed by atoms with Crippen LogP contribution in [0.3, 0.4) is 0 Å². The summed E-state index contributed by atoms with van der Waals surface area (Å²) in [7, 11) is 0. The van der Waals surface area contributed by atoms with Crippen LogP contribution in [0.2, 0.25) is 0 Å². The van der Waals surface area contributed by atoms with Crippen LogP contribution in [0.5, 0.6) is 0 Å². The Labute approximate surface area is 181 Å². The second kappa shape index (κ2) is 7.31. The molecule has 4 rings (SSSR count). The van der Waals surface area contributed by atoms with Gasteiger partial charge in [-0.3, -0.25) is 4.99 Å². The molecule has 0 radical (unpaired) electrons. The molecule has 0 spiro atoms. The Morgan fingerprint density at radius 2 is 1.46 bits per heavy atom. The minimum atomic E-state index is -0.223. The van der Waals surface area contributed by atoms with Crippen LogP contribution in [0.15, 0.2) is 77.8 Å². The SMILES string of the molecule is C[C@@]1(c2ccc(I)cc2)CC(c2ccc(I)cc2)=Nc2ccccc2N1. The second-order valence-corrected chi connectivity index (χ2v) is 9.21. The molecule has 4 heteroatoms. The molecule has 1 N–H and O–H groups in total. The molecule has 0 aliphatic carbocycles. The van der Waals surface area contributed by atoms with Gasteiger partial charge in [-0.05, 0) is 99.6 Å². The molecule has 0 amide bonds. The third kappa shape index (κ3) is 3.67. The summed E-state index contributed by atoms with van der Waals surface area (Å²) in [6, 6.07) is 25.7. The lowest BCUT2D eigenvalue weighted by Crippen LogP contribution is -2.33. The van der Waals surface area contributed by atoms with Gasteiger partial charge in [0.25, 0.3) is 0 Å². The molecule has 3 aromatic rings. The Kier molecular flexibility index (Phi) is 5.05. The molecule has 1 heterocycles. The number of benzene rings is 3. The van der Waals surface area contributed by atoms with E-state index in [-0.39, 0.29) is 5.54 Å². The molecule has 2 nitrogen and oxygen atoms in total. The van der Waals surface area contributed by atoms with Crippen LogP contribution in [-0.4, -0.2) is 5.71 Å². The molecular formula is C22H18I2N2. The highest BCUT2D eigenvalue weighted by Gasteiger charge is 2.31. The highest BCUT2D eigenvalue weighted by atomic mass is 127. The van der Waals surface area contributed by atoms with Gasteiger partial charge >= 0.3 is 0 Å². The minimum Gasteiger partial charge on any atom is -0.374 e. The van der Waals surface area contributed by atoms with E-state index in [1.165, 1.54) is 18.3 Å². The number of rotatable bonds is 2. The van der Waals surface area contributed by atoms with Crippen molar-refractivity contribution in [2.75, 3.05) is 5.32 Å². The van der Waals surface area contributed by atoms with Gasteiger partial charge in [-0.25, -0.2) is 0 Å². The highest BCUT2D eigenvalue weighted by molar-refractivity contribution is 14.1. The molecule has 130 valence electrons. The Morgan fingerprint density at radius 3 is 2.15 bits per heavy atom. The fourth-order valence-corrected chi connectivity index (χ4v) is 4.06. The number of anilines is 1. The van der Waals surface area contributed by atoms with Crippen molar-refractivity contribution in [3.05, 3.63) is 91.1 Å². The van der Waals surface area contributed by atoms with Crippen molar-refractivity contribution in [2.24, 2.45) is 4.99 Å². The third-order valence-corrected chi connectivity index (χ3v) is 6.19. The fourth-order valence-electron chi connectivity index (χ4n) is 3.34. The number of para-hydroxylation sites is 2. The average Bonchev–Trinajstić information content (AvgIpc) is 2.79. The van der Waals surface area contributed by atoms with Gasteiger partial charge in [0.2, 0.25) is 0 Å². The predicted octanol–water partition coefficient (Wildman–Crippen LogP) is 6.75. The number of hydrogen-bond donors (Lipinski definition) is 1. The topological polar surface area (TPSA) is 24.4 Å². The van der Waals surface area contributed by atoms with Gasteiger partial charge in [-0.2, -0.15) is 0 Å². The zero-order valence-electron chi connectivity index (χ0n) is 14.3. The van der Waals surface area contributed by atoms with Crippen molar-refractivity contribution in [3.63, 3.8) is 0 Å². The summed E-state index contributed by atoms with van der Waals surface area (Å²) in [6.07, 6.45) is 0.822. The molecule has 0 saturated carbocycles. The molecule has 0 aromatic heterocycles. The van der Waals surface area contributed by atoms with Gasteiger partial charge in [0.05, 0.1) is 22.6 Å². The lowest BCUT2D eigenvalue weighted by molar-refractivity contribution is 0.571. The number of fused-ring (bicyclic) bond motifs is 1. The van der Waals surface area contributed by atoms with Crippen LogP contribution in [0.4, 0.5) is 11.4 Å². The first-order valence-electron chi connectivity index (χ1n) is 8.50. The first kappa shape index (κ1) is 18.0. The Morgan fingerprint density at radius 1 is 0.846 bits per heavy atom. The summed E-state index contributed by atoms with van der Waals surface area (Å²) < 4.78 is 2.48. The molecule has 0 bridgehead atoms. The van der Waals surface area contributed by atoms with Crippen molar-refractivity contribution >= 4 is 62.3 Å². The number of halogens is 2. The summed E-state index contributed by atoms with van der Waals surface area (Å²) in [5, 5.41) is 3.76. The van der Waals surface area contributed by atoms with E-state index in [1.54, 1.807) is 0 Å². The monoisotopic (exact) mass is 564 g/mol. The van der Waals surface area contributed by atoms with Crippen LogP contribution in [0, 0.1) is 7.14 Å². The molecular weight excluding hydrogens is 546 g/mol. The molecule has 1 atom stereocenters.